The summed E-state index contributed by atoms with van der Waals surface area (Å²) in [5, 5.41) is 2.58. The Morgan fingerprint density at radius 1 is 1.13 bits per heavy atom. The Kier molecular flexibility index (Phi) is 7.48. The average molecular weight is 531 g/mol. The summed E-state index contributed by atoms with van der Waals surface area (Å²) in [5.74, 6) is -0.984. The second-order valence-corrected chi connectivity index (χ2v) is 10.2. The van der Waals surface area contributed by atoms with Gasteiger partial charge in [0.25, 0.3) is 0 Å². The zero-order valence-corrected chi connectivity index (χ0v) is 21.9. The van der Waals surface area contributed by atoms with Crippen LogP contribution in [0.15, 0.2) is 72.9 Å². The van der Waals surface area contributed by atoms with Gasteiger partial charge in [-0.1, -0.05) is 24.3 Å². The Morgan fingerprint density at radius 2 is 1.95 bits per heavy atom. The maximum Gasteiger partial charge on any atom is 0.236 e. The molecule has 194 valence electrons. The minimum Gasteiger partial charge on any atom is -0.453 e. The van der Waals surface area contributed by atoms with Gasteiger partial charge in [-0.3, -0.25) is 14.6 Å². The van der Waals surface area contributed by atoms with Crippen LogP contribution in [-0.4, -0.2) is 48.9 Å². The zero-order chi connectivity index (χ0) is 26.6. The molecule has 0 spiro atoms. The summed E-state index contributed by atoms with van der Waals surface area (Å²) in [6.45, 7) is 1.91. The largest absolute Gasteiger partial charge is 0.453 e. The van der Waals surface area contributed by atoms with Gasteiger partial charge in [0.1, 0.15) is 12.2 Å². The van der Waals surface area contributed by atoms with Crippen molar-refractivity contribution in [1.29, 1.82) is 0 Å². The maximum absolute atomic E-state index is 15.0. The fourth-order valence-electron chi connectivity index (χ4n) is 4.18. The molecule has 1 aliphatic heterocycles. The number of thiophene rings is 1. The van der Waals surface area contributed by atoms with E-state index in [9.17, 15) is 14.0 Å². The predicted molar refractivity (Wildman–Crippen MR) is 149 cm³/mol. The first-order chi connectivity index (χ1) is 18.4. The average Bonchev–Trinajstić information content (AvgIpc) is 3.36. The number of aromatic nitrogens is 1. The number of fused-ring (bicyclic) bond motifs is 1. The maximum atomic E-state index is 15.0. The molecule has 0 aliphatic carbocycles. The molecule has 2 aromatic carbocycles. The van der Waals surface area contributed by atoms with E-state index in [4.69, 9.17) is 4.74 Å². The van der Waals surface area contributed by atoms with Gasteiger partial charge in [0, 0.05) is 54.7 Å². The van der Waals surface area contributed by atoms with Crippen LogP contribution in [0.2, 0.25) is 0 Å². The molecular weight excluding hydrogens is 503 g/mol. The van der Waals surface area contributed by atoms with Crippen LogP contribution in [0.4, 0.5) is 15.8 Å². The normalized spacial score (nSPS) is 13.7. The van der Waals surface area contributed by atoms with Crippen LogP contribution in [-0.2, 0) is 9.59 Å². The number of ether oxygens (including phenoxy) is 1. The summed E-state index contributed by atoms with van der Waals surface area (Å²) in [4.78, 5) is 34.1. The molecule has 38 heavy (non-hydrogen) atoms. The van der Waals surface area contributed by atoms with Crippen LogP contribution in [0.3, 0.4) is 0 Å². The lowest BCUT2D eigenvalue weighted by atomic mass is 10.1. The second kappa shape index (κ2) is 11.1. The number of nitrogens with zero attached hydrogens (tertiary/aromatic N) is 3. The van der Waals surface area contributed by atoms with Crippen molar-refractivity contribution in [3.8, 4) is 11.5 Å². The quantitative estimate of drug-likeness (QED) is 0.300. The molecule has 0 unspecified atom stereocenters. The number of benzene rings is 2. The molecular formula is C29H27FN4O3S. The molecule has 7 nitrogen and oxygen atoms in total. The SMILES string of the molecule is CN1CC=C(c2cc3nccc(Oc4ccc(NC(=O)CC(=O)N(C)c5ccccc5)cc4F)c3s2)CC1. The van der Waals surface area contributed by atoms with Crippen LogP contribution in [0.25, 0.3) is 15.8 Å². The first-order valence-electron chi connectivity index (χ1n) is 12.2. The predicted octanol–water partition coefficient (Wildman–Crippen LogP) is 5.94. The van der Waals surface area contributed by atoms with Crippen molar-refractivity contribution < 1.29 is 18.7 Å². The first kappa shape index (κ1) is 25.6. The summed E-state index contributed by atoms with van der Waals surface area (Å²) in [6, 6.07) is 17.0. The van der Waals surface area contributed by atoms with E-state index in [0.717, 1.165) is 34.6 Å². The minimum atomic E-state index is -0.629. The van der Waals surface area contributed by atoms with Gasteiger partial charge < -0.3 is 19.9 Å². The van der Waals surface area contributed by atoms with E-state index in [1.165, 1.54) is 22.6 Å². The van der Waals surface area contributed by atoms with Gasteiger partial charge in [0.05, 0.1) is 10.2 Å². The van der Waals surface area contributed by atoms with Gasteiger partial charge in [0.15, 0.2) is 11.6 Å². The van der Waals surface area contributed by atoms with Gasteiger partial charge in [0.2, 0.25) is 11.8 Å². The number of anilines is 2. The molecule has 0 radical (unpaired) electrons. The lowest BCUT2D eigenvalue weighted by Gasteiger charge is -2.21. The van der Waals surface area contributed by atoms with Crippen molar-refractivity contribution in [2.45, 2.75) is 12.8 Å². The summed E-state index contributed by atoms with van der Waals surface area (Å²) in [7, 11) is 3.70. The Labute approximate surface area is 224 Å². The number of carbonyl (C=O) groups excluding carboxylic acids is 2. The highest BCUT2D eigenvalue weighted by atomic mass is 32.1. The third kappa shape index (κ3) is 5.74. The zero-order valence-electron chi connectivity index (χ0n) is 21.1. The number of hydrogen-bond donors (Lipinski definition) is 1. The van der Waals surface area contributed by atoms with Crippen molar-refractivity contribution in [1.82, 2.24) is 9.88 Å². The van der Waals surface area contributed by atoms with E-state index >= 15 is 0 Å². The molecule has 0 saturated heterocycles. The highest BCUT2D eigenvalue weighted by Gasteiger charge is 2.18. The lowest BCUT2D eigenvalue weighted by molar-refractivity contribution is -0.125. The monoisotopic (exact) mass is 530 g/mol. The molecule has 5 rings (SSSR count). The van der Waals surface area contributed by atoms with E-state index < -0.39 is 11.7 Å². The molecule has 1 aliphatic rings. The van der Waals surface area contributed by atoms with Crippen molar-refractivity contribution in [2.24, 2.45) is 0 Å². The number of carbonyl (C=O) groups is 2. The topological polar surface area (TPSA) is 74.8 Å². The summed E-state index contributed by atoms with van der Waals surface area (Å²) >= 11 is 1.58. The lowest BCUT2D eigenvalue weighted by Crippen LogP contribution is -2.30. The third-order valence-electron chi connectivity index (χ3n) is 6.37. The number of pyridine rings is 1. The number of likely N-dealkylation sites (N-methyl/N-ethyl adjacent to an activating group) is 1. The van der Waals surface area contributed by atoms with Crippen LogP contribution >= 0.6 is 11.3 Å². The Morgan fingerprint density at radius 3 is 2.68 bits per heavy atom. The van der Waals surface area contributed by atoms with E-state index in [0.29, 0.717) is 11.4 Å². The van der Waals surface area contributed by atoms with Crippen LogP contribution < -0.4 is 15.0 Å². The highest BCUT2D eigenvalue weighted by Crippen LogP contribution is 2.39. The standard InChI is InChI=1S/C29H27FN4O3S/c1-33-14-11-19(12-15-33)26-17-23-29(38-26)25(10-13-31-23)37-24-9-8-20(16-22(24)30)32-27(35)18-28(36)34(2)21-6-4-3-5-7-21/h3-11,13,16-17H,12,14-15,18H2,1-2H3,(H,32,35). The van der Waals surface area contributed by atoms with Crippen LogP contribution in [0, 0.1) is 5.82 Å². The molecule has 4 aromatic rings. The molecule has 0 saturated carbocycles. The van der Waals surface area contributed by atoms with Crippen LogP contribution in [0.1, 0.15) is 17.7 Å². The number of hydrogen-bond acceptors (Lipinski definition) is 6. The van der Waals surface area contributed by atoms with Crippen molar-refractivity contribution in [2.75, 3.05) is 37.4 Å². The summed E-state index contributed by atoms with van der Waals surface area (Å²) in [5.41, 5.74) is 3.01. The number of nitrogens with one attached hydrogen (secondary N) is 1. The fraction of sp³-hybridized carbons (Fsp3) is 0.207. The molecule has 2 amide bonds. The molecule has 1 N–H and O–H groups in total. The molecule has 3 heterocycles. The Bertz CT molecular complexity index is 1520. The molecule has 2 aromatic heterocycles. The van der Waals surface area contributed by atoms with Gasteiger partial charge >= 0.3 is 0 Å². The van der Waals surface area contributed by atoms with Crippen molar-refractivity contribution in [3.63, 3.8) is 0 Å². The van der Waals surface area contributed by atoms with Gasteiger partial charge in [-0.2, -0.15) is 0 Å². The molecule has 0 atom stereocenters. The summed E-state index contributed by atoms with van der Waals surface area (Å²) in [6.07, 6.45) is 4.48. The fourth-order valence-corrected chi connectivity index (χ4v) is 5.32. The highest BCUT2D eigenvalue weighted by molar-refractivity contribution is 7.20. The van der Waals surface area contributed by atoms with Gasteiger partial charge in [-0.25, -0.2) is 4.39 Å². The molecule has 0 bridgehead atoms. The smallest absolute Gasteiger partial charge is 0.236 e. The van der Waals surface area contributed by atoms with Gasteiger partial charge in [-0.05, 0) is 49.4 Å². The van der Waals surface area contributed by atoms with Crippen LogP contribution in [0.5, 0.6) is 11.5 Å². The van der Waals surface area contributed by atoms with E-state index in [1.807, 2.05) is 18.2 Å². The van der Waals surface area contributed by atoms with E-state index in [-0.39, 0.29) is 23.8 Å². The summed E-state index contributed by atoms with van der Waals surface area (Å²) < 4.78 is 21.7. The Balaban J connectivity index is 1.26. The van der Waals surface area contributed by atoms with Crippen molar-refractivity contribution >= 4 is 50.3 Å². The number of para-hydroxylation sites is 1. The second-order valence-electron chi connectivity index (χ2n) is 9.14. The molecule has 0 fully saturated rings. The Hall–Kier alpha value is -4.08. The number of halogens is 1. The number of rotatable bonds is 7. The van der Waals surface area contributed by atoms with Crippen molar-refractivity contribution in [3.05, 3.63) is 83.6 Å². The first-order valence-corrected chi connectivity index (χ1v) is 13.0. The molecule has 9 heteroatoms. The number of amides is 2. The van der Waals surface area contributed by atoms with E-state index in [1.54, 1.807) is 48.8 Å². The third-order valence-corrected chi connectivity index (χ3v) is 7.58. The minimum absolute atomic E-state index is 0.0313. The van der Waals surface area contributed by atoms with E-state index in [2.05, 4.69) is 34.4 Å². The van der Waals surface area contributed by atoms with Gasteiger partial charge in [-0.15, -0.1) is 11.3 Å².